The lowest BCUT2D eigenvalue weighted by molar-refractivity contribution is 0.202. The van der Waals surface area contributed by atoms with Crippen LogP contribution in [0.2, 0.25) is 0 Å². The van der Waals surface area contributed by atoms with E-state index in [2.05, 4.69) is 10.6 Å². The minimum absolute atomic E-state index is 0.00898. The Hall–Kier alpha value is -0.770. The second-order valence-corrected chi connectivity index (χ2v) is 6.32. The molecule has 19 heavy (non-hydrogen) atoms. The number of urea groups is 1. The molecule has 1 atom stereocenters. The van der Waals surface area contributed by atoms with E-state index in [0.29, 0.717) is 17.9 Å². The predicted molar refractivity (Wildman–Crippen MR) is 75.9 cm³/mol. The van der Waals surface area contributed by atoms with Crippen LogP contribution in [0.25, 0.3) is 0 Å². The molecule has 1 unspecified atom stereocenters. The summed E-state index contributed by atoms with van der Waals surface area (Å²) in [6.07, 6.45) is 10.3. The van der Waals surface area contributed by atoms with Crippen LogP contribution >= 0.6 is 0 Å². The topological polar surface area (TPSA) is 61.4 Å². The Morgan fingerprint density at radius 1 is 1.05 bits per heavy atom. The van der Waals surface area contributed by atoms with E-state index >= 15 is 0 Å². The fourth-order valence-electron chi connectivity index (χ4n) is 3.72. The number of carbonyl (C=O) groups is 1. The van der Waals surface area contributed by atoms with E-state index in [4.69, 9.17) is 5.11 Å². The van der Waals surface area contributed by atoms with Gasteiger partial charge in [0, 0.05) is 6.04 Å². The van der Waals surface area contributed by atoms with Crippen molar-refractivity contribution >= 4 is 6.03 Å². The van der Waals surface area contributed by atoms with Gasteiger partial charge in [0.05, 0.1) is 12.6 Å². The minimum Gasteiger partial charge on any atom is -0.394 e. The first-order valence-corrected chi connectivity index (χ1v) is 7.88. The third kappa shape index (κ3) is 4.10. The molecule has 3 N–H and O–H groups in total. The van der Waals surface area contributed by atoms with Gasteiger partial charge in [-0.15, -0.1) is 0 Å². The molecule has 4 nitrogen and oxygen atoms in total. The molecule has 0 spiro atoms. The highest BCUT2D eigenvalue weighted by atomic mass is 16.3. The van der Waals surface area contributed by atoms with Crippen molar-refractivity contribution < 1.29 is 9.90 Å². The van der Waals surface area contributed by atoms with E-state index in [1.54, 1.807) is 0 Å². The third-order valence-corrected chi connectivity index (χ3v) is 4.76. The van der Waals surface area contributed by atoms with Gasteiger partial charge in [0.15, 0.2) is 0 Å². The van der Waals surface area contributed by atoms with Crippen molar-refractivity contribution in [1.82, 2.24) is 10.6 Å². The van der Waals surface area contributed by atoms with E-state index < -0.39 is 0 Å². The third-order valence-electron chi connectivity index (χ3n) is 4.76. The van der Waals surface area contributed by atoms with Crippen molar-refractivity contribution in [2.45, 2.75) is 70.4 Å². The second-order valence-electron chi connectivity index (χ2n) is 6.32. The fourth-order valence-corrected chi connectivity index (χ4v) is 3.72. The Bertz CT molecular complexity index is 268. The highest BCUT2D eigenvalue weighted by molar-refractivity contribution is 5.74. The molecule has 2 rings (SSSR count). The van der Waals surface area contributed by atoms with E-state index in [9.17, 15) is 4.79 Å². The highest BCUT2D eigenvalue weighted by Gasteiger charge is 2.34. The van der Waals surface area contributed by atoms with Gasteiger partial charge in [-0.2, -0.15) is 0 Å². The number of amides is 2. The zero-order valence-electron chi connectivity index (χ0n) is 12.0. The van der Waals surface area contributed by atoms with Crippen LogP contribution in [0, 0.1) is 11.8 Å². The summed E-state index contributed by atoms with van der Waals surface area (Å²) in [7, 11) is 0. The quantitative estimate of drug-likeness (QED) is 0.717. The number of hydrogen-bond acceptors (Lipinski definition) is 2. The van der Waals surface area contributed by atoms with Crippen molar-refractivity contribution in [1.29, 1.82) is 0 Å². The maximum Gasteiger partial charge on any atom is 0.315 e. The smallest absolute Gasteiger partial charge is 0.315 e. The van der Waals surface area contributed by atoms with Crippen molar-refractivity contribution in [2.75, 3.05) is 6.61 Å². The summed E-state index contributed by atoms with van der Waals surface area (Å²) in [6.45, 7) is 1.81. The minimum atomic E-state index is -0.173. The van der Waals surface area contributed by atoms with Gasteiger partial charge >= 0.3 is 6.03 Å². The summed E-state index contributed by atoms with van der Waals surface area (Å²) in [4.78, 5) is 12.0. The number of carbonyl (C=O) groups excluding carboxylic acids is 1. The molecule has 0 bridgehead atoms. The molecule has 2 amide bonds. The summed E-state index contributed by atoms with van der Waals surface area (Å²) in [5.41, 5.74) is 0. The summed E-state index contributed by atoms with van der Waals surface area (Å²) < 4.78 is 0. The Kier molecular flexibility index (Phi) is 5.49. The van der Waals surface area contributed by atoms with Gasteiger partial charge in [-0.25, -0.2) is 4.79 Å². The number of aliphatic hydroxyl groups excluding tert-OH is 1. The van der Waals surface area contributed by atoms with Crippen LogP contribution in [0.1, 0.15) is 58.3 Å². The lowest BCUT2D eigenvalue weighted by Crippen LogP contribution is -2.50. The molecule has 0 aromatic rings. The van der Waals surface area contributed by atoms with Crippen molar-refractivity contribution in [3.8, 4) is 0 Å². The first-order chi connectivity index (χ1) is 9.20. The summed E-state index contributed by atoms with van der Waals surface area (Å²) >= 11 is 0. The number of hydrogen-bond donors (Lipinski definition) is 3. The highest BCUT2D eigenvalue weighted by Crippen LogP contribution is 2.37. The molecule has 0 aromatic carbocycles. The molecule has 0 saturated heterocycles. The second kappa shape index (κ2) is 7.13. The van der Waals surface area contributed by atoms with Crippen molar-refractivity contribution in [2.24, 2.45) is 11.8 Å². The first-order valence-electron chi connectivity index (χ1n) is 7.88. The van der Waals surface area contributed by atoms with Crippen molar-refractivity contribution in [3.05, 3.63) is 0 Å². The molecule has 2 fully saturated rings. The van der Waals surface area contributed by atoms with Crippen LogP contribution in [0.5, 0.6) is 0 Å². The van der Waals surface area contributed by atoms with E-state index in [1.807, 2.05) is 6.92 Å². The molecule has 0 aliphatic heterocycles. The van der Waals surface area contributed by atoms with E-state index in [0.717, 1.165) is 0 Å². The van der Waals surface area contributed by atoms with E-state index in [-0.39, 0.29) is 18.7 Å². The number of aliphatic hydroxyl groups is 1. The monoisotopic (exact) mass is 268 g/mol. The maximum absolute atomic E-state index is 12.0. The van der Waals surface area contributed by atoms with Crippen LogP contribution in [0.3, 0.4) is 0 Å². The molecule has 2 saturated carbocycles. The normalized spacial score (nSPS) is 22.9. The molecule has 2 aliphatic carbocycles. The summed E-state index contributed by atoms with van der Waals surface area (Å²) in [5, 5.41) is 15.0. The van der Waals surface area contributed by atoms with Crippen LogP contribution < -0.4 is 10.6 Å². The fraction of sp³-hybridized carbons (Fsp3) is 0.933. The molecule has 110 valence electrons. The molecule has 4 heteroatoms. The van der Waals surface area contributed by atoms with Gasteiger partial charge in [0.2, 0.25) is 0 Å². The van der Waals surface area contributed by atoms with Gasteiger partial charge in [0.1, 0.15) is 0 Å². The number of nitrogens with one attached hydrogen (secondary N) is 2. The lowest BCUT2D eigenvalue weighted by Gasteiger charge is -2.30. The molecular weight excluding hydrogens is 240 g/mol. The Balaban J connectivity index is 1.90. The molecule has 0 heterocycles. The van der Waals surface area contributed by atoms with Crippen molar-refractivity contribution in [3.63, 3.8) is 0 Å². The van der Waals surface area contributed by atoms with Crippen LogP contribution in [0.4, 0.5) is 4.79 Å². The van der Waals surface area contributed by atoms with E-state index in [1.165, 1.54) is 51.4 Å². The summed E-state index contributed by atoms with van der Waals surface area (Å²) in [5.74, 6) is 1.33. The zero-order valence-corrected chi connectivity index (χ0v) is 12.0. The van der Waals surface area contributed by atoms with Crippen LogP contribution in [-0.4, -0.2) is 29.8 Å². The lowest BCUT2D eigenvalue weighted by atomic mass is 9.86. The van der Waals surface area contributed by atoms with Gasteiger partial charge in [-0.05, 0) is 44.4 Å². The zero-order chi connectivity index (χ0) is 13.7. The molecule has 0 aromatic heterocycles. The van der Waals surface area contributed by atoms with Crippen LogP contribution in [0.15, 0.2) is 0 Å². The molecular formula is C15H28N2O2. The van der Waals surface area contributed by atoms with Gasteiger partial charge < -0.3 is 15.7 Å². The standard InChI is InChI=1S/C15H28N2O2/c1-11(10-18)16-15(19)17-14(12-6-2-3-7-12)13-8-4-5-9-13/h11-14,18H,2-10H2,1H3,(H2,16,17,19). The average molecular weight is 268 g/mol. The molecule has 2 aliphatic rings. The average Bonchev–Trinajstić information content (AvgIpc) is 3.08. The van der Waals surface area contributed by atoms with Gasteiger partial charge in [0.25, 0.3) is 0 Å². The SMILES string of the molecule is CC(CO)NC(=O)NC(C1CCCC1)C1CCCC1. The Morgan fingerprint density at radius 2 is 1.53 bits per heavy atom. The molecule has 0 radical (unpaired) electrons. The maximum atomic E-state index is 12.0. The Labute approximate surface area is 116 Å². The first kappa shape index (κ1) is 14.6. The Morgan fingerprint density at radius 3 is 1.95 bits per heavy atom. The van der Waals surface area contributed by atoms with Gasteiger partial charge in [-0.1, -0.05) is 25.7 Å². The summed E-state index contributed by atoms with van der Waals surface area (Å²) in [6, 6.07) is 0.0639. The van der Waals surface area contributed by atoms with Crippen LogP contribution in [-0.2, 0) is 0 Å². The van der Waals surface area contributed by atoms with Gasteiger partial charge in [-0.3, -0.25) is 0 Å². The largest absolute Gasteiger partial charge is 0.394 e. The predicted octanol–water partition coefficient (Wildman–Crippen LogP) is 2.42. The number of rotatable bonds is 5.